The molecule has 0 saturated carbocycles. The van der Waals surface area contributed by atoms with Crippen molar-refractivity contribution in [1.82, 2.24) is 0 Å². The van der Waals surface area contributed by atoms with Crippen LogP contribution < -0.4 is 0 Å². The summed E-state index contributed by atoms with van der Waals surface area (Å²) in [4.78, 5) is 50.2. The lowest BCUT2D eigenvalue weighted by molar-refractivity contribution is -0.122. The summed E-state index contributed by atoms with van der Waals surface area (Å²) >= 11 is 0. The van der Waals surface area contributed by atoms with E-state index < -0.39 is 35.9 Å². The Morgan fingerprint density at radius 2 is 1.05 bits per heavy atom. The van der Waals surface area contributed by atoms with Gasteiger partial charge in [-0.25, -0.2) is 14.4 Å². The molecule has 0 aliphatic carbocycles. The molecule has 0 aromatic heterocycles. The Morgan fingerprint density at radius 3 is 1.46 bits per heavy atom. The molecule has 37 heavy (non-hydrogen) atoms. The van der Waals surface area contributed by atoms with Crippen molar-refractivity contribution < 1.29 is 33.4 Å². The Hall–Kier alpha value is -4.20. The Labute approximate surface area is 217 Å². The smallest absolute Gasteiger partial charge is 0.338 e. The second kappa shape index (κ2) is 12.7. The summed E-state index contributed by atoms with van der Waals surface area (Å²) in [5.41, 5.74) is 3.80. The summed E-state index contributed by atoms with van der Waals surface area (Å²) in [7, 11) is 1.64. The van der Waals surface area contributed by atoms with Crippen LogP contribution in [0.1, 0.15) is 47.8 Å². The Morgan fingerprint density at radius 1 is 0.676 bits per heavy atom. The number of rotatable bonds is 10. The minimum Gasteiger partial charge on any atom is -0.462 e. The number of esters is 3. The topological polar surface area (TPSA) is 96.0 Å². The lowest BCUT2D eigenvalue weighted by atomic mass is 9.80. The number of ether oxygens (including phenoxy) is 3. The summed E-state index contributed by atoms with van der Waals surface area (Å²) in [6.07, 6.45) is -2.21. The number of carbonyl (C=O) groups is 4. The van der Waals surface area contributed by atoms with E-state index in [0.717, 1.165) is 16.7 Å². The molecule has 0 N–H and O–H groups in total. The molecule has 8 heteroatoms. The fourth-order valence-corrected chi connectivity index (χ4v) is 3.52. The van der Waals surface area contributed by atoms with Gasteiger partial charge in [-0.05, 0) is 57.2 Å². The third-order valence-corrected chi connectivity index (χ3v) is 5.84. The number of benzene rings is 3. The number of aldehydes is 1. The lowest BCUT2D eigenvalue weighted by Gasteiger charge is -2.28. The molecular weight excluding hydrogens is 471 g/mol. The normalized spacial score (nSPS) is 13.1. The zero-order valence-corrected chi connectivity index (χ0v) is 21.3. The highest BCUT2D eigenvalue weighted by Gasteiger charge is 2.34. The van der Waals surface area contributed by atoms with Crippen molar-refractivity contribution in [3.05, 3.63) is 106 Å². The summed E-state index contributed by atoms with van der Waals surface area (Å²) in [5, 5.41) is 0. The first kappa shape index (κ1) is 27.4. The fraction of sp³-hybridized carbons (Fsp3) is 0.241. The molecule has 0 aliphatic heterocycles. The number of aryl methyl sites for hydroxylation is 3. The van der Waals surface area contributed by atoms with Crippen molar-refractivity contribution in [2.45, 2.75) is 38.8 Å². The van der Waals surface area contributed by atoms with Crippen LogP contribution in [0, 0.1) is 20.8 Å². The van der Waals surface area contributed by atoms with E-state index in [9.17, 15) is 19.2 Å². The highest BCUT2D eigenvalue weighted by Crippen LogP contribution is 2.21. The van der Waals surface area contributed by atoms with Crippen LogP contribution in [0.25, 0.3) is 0 Å². The quantitative estimate of drug-likeness (QED) is 0.181. The predicted molar refractivity (Wildman–Crippen MR) is 141 cm³/mol. The summed E-state index contributed by atoms with van der Waals surface area (Å²) in [5.74, 6) is -2.67. The van der Waals surface area contributed by atoms with Crippen LogP contribution >= 0.6 is 0 Å². The van der Waals surface area contributed by atoms with Gasteiger partial charge in [0.25, 0.3) is 0 Å². The van der Waals surface area contributed by atoms with Gasteiger partial charge in [-0.2, -0.15) is 0 Å². The summed E-state index contributed by atoms with van der Waals surface area (Å²) in [6.45, 7) is 5.49. The van der Waals surface area contributed by atoms with Crippen molar-refractivity contribution >= 4 is 32.0 Å². The van der Waals surface area contributed by atoms with Crippen LogP contribution in [-0.4, -0.2) is 50.9 Å². The van der Waals surface area contributed by atoms with Crippen LogP contribution in [-0.2, 0) is 19.0 Å². The lowest BCUT2D eigenvalue weighted by Crippen LogP contribution is -2.41. The molecule has 3 atom stereocenters. The molecule has 0 fully saturated rings. The maximum absolute atomic E-state index is 12.9. The van der Waals surface area contributed by atoms with Crippen molar-refractivity contribution in [3.63, 3.8) is 0 Å². The van der Waals surface area contributed by atoms with Crippen LogP contribution in [0.15, 0.2) is 72.8 Å². The molecule has 3 rings (SSSR count). The molecule has 3 aromatic carbocycles. The third-order valence-electron chi connectivity index (χ3n) is 5.84. The standard InChI is InChI=1S/C29H29BO7/c1-18-4-10-21(11-5-18)27(32)35-17-24(30)26(37-29(34)23-14-8-20(3)9-15-23)25(16-31)36-28(33)22-12-6-19(2)7-13-22/h4-16,24-26H,17,30H2,1-3H3/t24-,25+,26+/m1/s1. The maximum atomic E-state index is 12.9. The molecule has 0 spiro atoms. The first-order valence-electron chi connectivity index (χ1n) is 11.9. The van der Waals surface area contributed by atoms with E-state index >= 15 is 0 Å². The average molecular weight is 500 g/mol. The number of hydrogen-bond donors (Lipinski definition) is 0. The Kier molecular flexibility index (Phi) is 9.38. The summed E-state index contributed by atoms with van der Waals surface area (Å²) in [6, 6.07) is 20.3. The second-order valence-corrected chi connectivity index (χ2v) is 9.05. The first-order valence-corrected chi connectivity index (χ1v) is 11.9. The Bertz CT molecular complexity index is 1230. The van der Waals surface area contributed by atoms with Gasteiger partial charge in [0.05, 0.1) is 23.3 Å². The SMILES string of the molecule is B[C@H](COC(=O)c1ccc(C)cc1)[C@H](OC(=O)c1ccc(C)cc1)[C@H](C=O)OC(=O)c1ccc(C)cc1. The largest absolute Gasteiger partial charge is 0.462 e. The highest BCUT2D eigenvalue weighted by molar-refractivity contribution is 6.12. The molecule has 7 nitrogen and oxygen atoms in total. The molecule has 0 amide bonds. The van der Waals surface area contributed by atoms with E-state index in [2.05, 4.69) is 0 Å². The van der Waals surface area contributed by atoms with Gasteiger partial charge in [0, 0.05) is 5.82 Å². The fourth-order valence-electron chi connectivity index (χ4n) is 3.52. The van der Waals surface area contributed by atoms with Crippen molar-refractivity contribution in [1.29, 1.82) is 0 Å². The maximum Gasteiger partial charge on any atom is 0.338 e. The first-order chi connectivity index (χ1) is 17.7. The van der Waals surface area contributed by atoms with E-state index in [1.807, 2.05) is 20.8 Å². The summed E-state index contributed by atoms with van der Waals surface area (Å²) < 4.78 is 16.5. The molecule has 190 valence electrons. The van der Waals surface area contributed by atoms with Gasteiger partial charge in [0.1, 0.15) is 14.0 Å². The highest BCUT2D eigenvalue weighted by atomic mass is 16.6. The molecule has 0 bridgehead atoms. The van der Waals surface area contributed by atoms with E-state index in [-0.39, 0.29) is 17.7 Å². The predicted octanol–water partition coefficient (Wildman–Crippen LogP) is 3.84. The van der Waals surface area contributed by atoms with Gasteiger partial charge in [0.15, 0.2) is 12.4 Å². The van der Waals surface area contributed by atoms with Gasteiger partial charge < -0.3 is 14.2 Å². The van der Waals surface area contributed by atoms with E-state index in [0.29, 0.717) is 11.8 Å². The van der Waals surface area contributed by atoms with Gasteiger partial charge >= 0.3 is 17.9 Å². The molecule has 0 aliphatic rings. The van der Waals surface area contributed by atoms with Crippen LogP contribution in [0.2, 0.25) is 5.82 Å². The van der Waals surface area contributed by atoms with Crippen LogP contribution in [0.5, 0.6) is 0 Å². The van der Waals surface area contributed by atoms with Crippen molar-refractivity contribution in [2.24, 2.45) is 0 Å². The monoisotopic (exact) mass is 500 g/mol. The number of carbonyl (C=O) groups excluding carboxylic acids is 4. The zero-order chi connectivity index (χ0) is 26.9. The number of hydrogen-bond acceptors (Lipinski definition) is 7. The molecule has 3 aromatic rings. The van der Waals surface area contributed by atoms with Crippen molar-refractivity contribution in [3.8, 4) is 0 Å². The second-order valence-electron chi connectivity index (χ2n) is 9.05. The molecule has 0 radical (unpaired) electrons. The average Bonchev–Trinajstić information content (AvgIpc) is 2.90. The van der Waals surface area contributed by atoms with E-state index in [1.165, 1.54) is 0 Å². The van der Waals surface area contributed by atoms with Gasteiger partial charge in [-0.3, -0.25) is 4.79 Å². The van der Waals surface area contributed by atoms with Gasteiger partial charge in [-0.15, -0.1) is 0 Å². The molecule has 0 saturated heterocycles. The zero-order valence-electron chi connectivity index (χ0n) is 21.3. The van der Waals surface area contributed by atoms with E-state index in [4.69, 9.17) is 14.2 Å². The molecular formula is C29H29BO7. The Balaban J connectivity index is 1.78. The third kappa shape index (κ3) is 7.64. The molecule has 0 heterocycles. The van der Waals surface area contributed by atoms with Crippen LogP contribution in [0.3, 0.4) is 0 Å². The van der Waals surface area contributed by atoms with E-state index in [1.54, 1.807) is 80.6 Å². The van der Waals surface area contributed by atoms with Gasteiger partial charge in [0.2, 0.25) is 0 Å². The molecule has 0 unspecified atom stereocenters. The minimum absolute atomic E-state index is 0.176. The minimum atomic E-state index is -1.42. The van der Waals surface area contributed by atoms with Crippen molar-refractivity contribution in [2.75, 3.05) is 6.61 Å². The van der Waals surface area contributed by atoms with Gasteiger partial charge in [-0.1, -0.05) is 53.1 Å². The van der Waals surface area contributed by atoms with Crippen LogP contribution in [0.4, 0.5) is 0 Å².